The summed E-state index contributed by atoms with van der Waals surface area (Å²) >= 11 is 5.36. The molecule has 0 heterocycles. The molecule has 0 aromatic carbocycles. The Hall–Kier alpha value is -0.0800. The van der Waals surface area contributed by atoms with Crippen molar-refractivity contribution >= 4 is 17.4 Å². The van der Waals surface area contributed by atoms with Crippen LogP contribution in [0, 0.1) is 0 Å². The lowest BCUT2D eigenvalue weighted by Gasteiger charge is -2.07. The van der Waals surface area contributed by atoms with Gasteiger partial charge in [-0.2, -0.15) is 0 Å². The van der Waals surface area contributed by atoms with Crippen LogP contribution in [0.5, 0.6) is 0 Å². The molecular weight excluding hydrogens is 152 g/mol. The van der Waals surface area contributed by atoms with Crippen LogP contribution in [0.2, 0.25) is 0 Å². The molecular formula is C7H13ClO2. The van der Waals surface area contributed by atoms with Crippen molar-refractivity contribution in [3.63, 3.8) is 0 Å². The molecule has 1 unspecified atom stereocenters. The van der Waals surface area contributed by atoms with Crippen LogP contribution in [-0.4, -0.2) is 24.4 Å². The van der Waals surface area contributed by atoms with Crippen molar-refractivity contribution in [1.29, 1.82) is 0 Å². The Morgan fingerprint density at radius 3 is 2.70 bits per heavy atom. The van der Waals surface area contributed by atoms with E-state index in [2.05, 4.69) is 0 Å². The van der Waals surface area contributed by atoms with E-state index in [1.165, 1.54) is 0 Å². The number of halogens is 1. The molecule has 0 aromatic rings. The zero-order valence-corrected chi connectivity index (χ0v) is 7.15. The van der Waals surface area contributed by atoms with Crippen molar-refractivity contribution in [3.8, 4) is 0 Å². The van der Waals surface area contributed by atoms with Gasteiger partial charge in [0.05, 0.1) is 0 Å². The van der Waals surface area contributed by atoms with E-state index in [4.69, 9.17) is 16.3 Å². The fourth-order valence-corrected chi connectivity index (χ4v) is 0.826. The summed E-state index contributed by atoms with van der Waals surface area (Å²) in [7, 11) is 0. The van der Waals surface area contributed by atoms with Gasteiger partial charge in [0, 0.05) is 18.9 Å². The number of hydrogen-bond donors (Lipinski definition) is 0. The van der Waals surface area contributed by atoms with Crippen molar-refractivity contribution in [2.45, 2.75) is 26.4 Å². The molecule has 0 aliphatic carbocycles. The Labute approximate surface area is 66.5 Å². The van der Waals surface area contributed by atoms with Gasteiger partial charge in [-0.3, -0.25) is 4.79 Å². The Balaban J connectivity index is 3.49. The average molecular weight is 165 g/mol. The van der Waals surface area contributed by atoms with Crippen molar-refractivity contribution in [1.82, 2.24) is 0 Å². The number of hydrogen-bond acceptors (Lipinski definition) is 2. The second kappa shape index (κ2) is 5.69. The number of ether oxygens (including phenoxy) is 1. The highest BCUT2D eigenvalue weighted by Gasteiger charge is 2.10. The molecule has 0 amide bonds. The molecule has 0 fully saturated rings. The second-order valence-corrected chi connectivity index (χ2v) is 2.38. The summed E-state index contributed by atoms with van der Waals surface area (Å²) in [5.74, 6) is 0.466. The van der Waals surface area contributed by atoms with Gasteiger partial charge in [0.25, 0.3) is 0 Å². The number of Topliss-reactive ketones (excluding diaryl/α,β-unsaturated/α-hetero) is 1. The Morgan fingerprint density at radius 1 is 1.70 bits per heavy atom. The molecule has 0 bridgehead atoms. The van der Waals surface area contributed by atoms with Crippen molar-refractivity contribution < 1.29 is 9.53 Å². The summed E-state index contributed by atoms with van der Waals surface area (Å²) in [5, 5.41) is 0. The summed E-state index contributed by atoms with van der Waals surface area (Å²) < 4.78 is 5.05. The molecule has 10 heavy (non-hydrogen) atoms. The Morgan fingerprint density at radius 2 is 2.30 bits per heavy atom. The number of rotatable bonds is 5. The van der Waals surface area contributed by atoms with Crippen LogP contribution in [-0.2, 0) is 9.53 Å². The Bertz CT molecular complexity index is 104. The molecule has 0 saturated heterocycles. The molecule has 0 N–H and O–H groups in total. The van der Waals surface area contributed by atoms with Crippen molar-refractivity contribution in [3.05, 3.63) is 0 Å². The van der Waals surface area contributed by atoms with E-state index in [1.807, 2.05) is 6.92 Å². The topological polar surface area (TPSA) is 26.3 Å². The van der Waals surface area contributed by atoms with Crippen molar-refractivity contribution in [2.75, 3.05) is 12.5 Å². The largest absolute Gasteiger partial charge is 0.371 e. The molecule has 0 aromatic heterocycles. The van der Waals surface area contributed by atoms with Crippen LogP contribution in [0.1, 0.15) is 20.3 Å². The van der Waals surface area contributed by atoms with Crippen LogP contribution in [0.3, 0.4) is 0 Å². The van der Waals surface area contributed by atoms with Gasteiger partial charge in [0.15, 0.2) is 5.78 Å². The highest BCUT2D eigenvalue weighted by Crippen LogP contribution is 1.97. The third kappa shape index (κ3) is 3.85. The van der Waals surface area contributed by atoms with E-state index in [9.17, 15) is 4.79 Å². The normalized spacial score (nSPS) is 13.1. The van der Waals surface area contributed by atoms with Gasteiger partial charge in [-0.1, -0.05) is 0 Å². The number of carbonyl (C=O) groups excluding carboxylic acids is 1. The average Bonchev–Trinajstić information content (AvgIpc) is 1.89. The van der Waals surface area contributed by atoms with Crippen LogP contribution in [0.25, 0.3) is 0 Å². The molecule has 0 saturated carbocycles. The molecule has 60 valence electrons. The SMILES string of the molecule is CCOC(C)C(=O)CCCl. The molecule has 1 atom stereocenters. The lowest BCUT2D eigenvalue weighted by molar-refractivity contribution is -0.128. The first kappa shape index (κ1) is 9.92. The van der Waals surface area contributed by atoms with Gasteiger partial charge in [-0.05, 0) is 13.8 Å². The van der Waals surface area contributed by atoms with Crippen molar-refractivity contribution in [2.24, 2.45) is 0 Å². The third-order valence-electron chi connectivity index (χ3n) is 1.21. The zero-order chi connectivity index (χ0) is 7.98. The van der Waals surface area contributed by atoms with Gasteiger partial charge in [0.2, 0.25) is 0 Å². The van der Waals surface area contributed by atoms with Gasteiger partial charge >= 0.3 is 0 Å². The smallest absolute Gasteiger partial charge is 0.162 e. The predicted molar refractivity (Wildman–Crippen MR) is 41.4 cm³/mol. The predicted octanol–water partition coefficient (Wildman–Crippen LogP) is 1.61. The maximum absolute atomic E-state index is 10.9. The highest BCUT2D eigenvalue weighted by atomic mass is 35.5. The summed E-state index contributed by atoms with van der Waals surface area (Å²) in [5.41, 5.74) is 0. The lowest BCUT2D eigenvalue weighted by atomic mass is 10.2. The Kier molecular flexibility index (Phi) is 5.64. The summed E-state index contributed by atoms with van der Waals surface area (Å²) in [6, 6.07) is 0. The first-order valence-electron chi connectivity index (χ1n) is 3.42. The van der Waals surface area contributed by atoms with E-state index in [-0.39, 0.29) is 11.9 Å². The molecule has 0 aliphatic heterocycles. The van der Waals surface area contributed by atoms with Crippen LogP contribution >= 0.6 is 11.6 Å². The maximum atomic E-state index is 10.9. The highest BCUT2D eigenvalue weighted by molar-refractivity contribution is 6.19. The van der Waals surface area contributed by atoms with Gasteiger partial charge < -0.3 is 4.74 Å². The summed E-state index contributed by atoms with van der Waals surface area (Å²) in [4.78, 5) is 10.9. The van der Waals surface area contributed by atoms with Crippen LogP contribution < -0.4 is 0 Å². The number of alkyl halides is 1. The standard InChI is InChI=1S/C7H13ClO2/c1-3-10-6(2)7(9)4-5-8/h6H,3-5H2,1-2H3. The summed E-state index contributed by atoms with van der Waals surface area (Å²) in [6.45, 7) is 4.19. The molecule has 0 aliphatic rings. The first-order chi connectivity index (χ1) is 4.72. The zero-order valence-electron chi connectivity index (χ0n) is 6.39. The van der Waals surface area contributed by atoms with E-state index in [1.54, 1.807) is 6.92 Å². The minimum absolute atomic E-state index is 0.0804. The fourth-order valence-electron chi connectivity index (χ4n) is 0.639. The van der Waals surface area contributed by atoms with E-state index in [0.717, 1.165) is 0 Å². The van der Waals surface area contributed by atoms with Gasteiger partial charge in [-0.25, -0.2) is 0 Å². The van der Waals surface area contributed by atoms with E-state index in [0.29, 0.717) is 18.9 Å². The molecule has 2 nitrogen and oxygen atoms in total. The van der Waals surface area contributed by atoms with Gasteiger partial charge in [-0.15, -0.1) is 11.6 Å². The van der Waals surface area contributed by atoms with Crippen LogP contribution in [0.4, 0.5) is 0 Å². The summed E-state index contributed by atoms with van der Waals surface area (Å²) in [6.07, 6.45) is 0.117. The molecule has 0 radical (unpaired) electrons. The van der Waals surface area contributed by atoms with E-state index >= 15 is 0 Å². The van der Waals surface area contributed by atoms with Gasteiger partial charge in [0.1, 0.15) is 6.10 Å². The monoisotopic (exact) mass is 164 g/mol. The lowest BCUT2D eigenvalue weighted by Crippen LogP contribution is -2.20. The van der Waals surface area contributed by atoms with Crippen LogP contribution in [0.15, 0.2) is 0 Å². The molecule has 3 heteroatoms. The van der Waals surface area contributed by atoms with E-state index < -0.39 is 0 Å². The second-order valence-electron chi connectivity index (χ2n) is 2.00. The molecule has 0 spiro atoms. The fraction of sp³-hybridized carbons (Fsp3) is 0.857. The quantitative estimate of drug-likeness (QED) is 0.578. The third-order valence-corrected chi connectivity index (χ3v) is 1.40. The minimum Gasteiger partial charge on any atom is -0.371 e. The number of ketones is 1. The first-order valence-corrected chi connectivity index (χ1v) is 3.96. The molecule has 0 rings (SSSR count). The minimum atomic E-state index is -0.288. The maximum Gasteiger partial charge on any atom is 0.162 e. The number of carbonyl (C=O) groups is 1.